The lowest BCUT2D eigenvalue weighted by Crippen LogP contribution is -2.22. The molecular formula is C17H10BrN3O3S2. The van der Waals surface area contributed by atoms with Crippen molar-refractivity contribution in [2.24, 2.45) is 5.10 Å². The number of nitro groups is 1. The van der Waals surface area contributed by atoms with Gasteiger partial charge < -0.3 is 0 Å². The van der Waals surface area contributed by atoms with Crippen molar-refractivity contribution < 1.29 is 9.72 Å². The van der Waals surface area contributed by atoms with E-state index in [0.717, 1.165) is 26.8 Å². The predicted octanol–water partition coefficient (Wildman–Crippen LogP) is 4.59. The Bertz CT molecular complexity index is 958. The quantitative estimate of drug-likeness (QED) is 0.225. The SMILES string of the molecule is O=C1/C(=C/c2ccc([N+](=O)[O-])cc2)SC(=S)N1/N=C/c1cccc(Br)c1. The number of thioether (sulfide) groups is 1. The van der Waals surface area contributed by atoms with Crippen molar-refractivity contribution in [2.45, 2.75) is 0 Å². The Kier molecular flexibility index (Phi) is 5.60. The van der Waals surface area contributed by atoms with Crippen LogP contribution in [0.4, 0.5) is 5.69 Å². The van der Waals surface area contributed by atoms with Crippen LogP contribution in [0.1, 0.15) is 11.1 Å². The number of hydrazone groups is 1. The Morgan fingerprint density at radius 3 is 2.58 bits per heavy atom. The Morgan fingerprint density at radius 1 is 1.19 bits per heavy atom. The molecule has 1 amide bonds. The van der Waals surface area contributed by atoms with Crippen LogP contribution in [0.5, 0.6) is 0 Å². The molecule has 1 aliphatic rings. The molecular weight excluding hydrogens is 438 g/mol. The minimum absolute atomic E-state index is 0.00618. The van der Waals surface area contributed by atoms with Crippen molar-refractivity contribution in [3.05, 3.63) is 79.2 Å². The van der Waals surface area contributed by atoms with E-state index in [9.17, 15) is 14.9 Å². The summed E-state index contributed by atoms with van der Waals surface area (Å²) in [5.41, 5.74) is 1.49. The number of carbonyl (C=O) groups is 1. The van der Waals surface area contributed by atoms with E-state index in [-0.39, 0.29) is 11.6 Å². The second kappa shape index (κ2) is 7.90. The van der Waals surface area contributed by atoms with Gasteiger partial charge in [-0.05, 0) is 53.7 Å². The first-order valence-electron chi connectivity index (χ1n) is 7.26. The molecule has 2 aromatic rings. The molecule has 6 nitrogen and oxygen atoms in total. The van der Waals surface area contributed by atoms with Gasteiger partial charge >= 0.3 is 0 Å². The number of halogens is 1. The fourth-order valence-corrected chi connectivity index (χ4v) is 3.70. The molecule has 0 radical (unpaired) electrons. The van der Waals surface area contributed by atoms with Gasteiger partial charge in [0.1, 0.15) is 0 Å². The van der Waals surface area contributed by atoms with Crippen LogP contribution in [-0.4, -0.2) is 26.4 Å². The molecule has 26 heavy (non-hydrogen) atoms. The molecule has 0 saturated carbocycles. The Hall–Kier alpha value is -2.36. The van der Waals surface area contributed by atoms with E-state index in [1.54, 1.807) is 24.4 Å². The van der Waals surface area contributed by atoms with Gasteiger partial charge in [-0.15, -0.1) is 0 Å². The summed E-state index contributed by atoms with van der Waals surface area (Å²) in [7, 11) is 0. The molecule has 1 saturated heterocycles. The van der Waals surface area contributed by atoms with E-state index in [0.29, 0.717) is 14.8 Å². The van der Waals surface area contributed by atoms with Crippen LogP contribution in [0.2, 0.25) is 0 Å². The summed E-state index contributed by atoms with van der Waals surface area (Å²) in [5.74, 6) is -0.329. The van der Waals surface area contributed by atoms with Gasteiger partial charge in [0.25, 0.3) is 11.6 Å². The highest BCUT2D eigenvalue weighted by Crippen LogP contribution is 2.33. The maximum atomic E-state index is 12.5. The monoisotopic (exact) mass is 447 g/mol. The van der Waals surface area contributed by atoms with Gasteiger partial charge in [0.05, 0.1) is 16.0 Å². The zero-order valence-electron chi connectivity index (χ0n) is 13.0. The summed E-state index contributed by atoms with van der Waals surface area (Å²) < 4.78 is 1.24. The molecule has 0 aromatic heterocycles. The summed E-state index contributed by atoms with van der Waals surface area (Å²) in [6.07, 6.45) is 3.20. The summed E-state index contributed by atoms with van der Waals surface area (Å²) in [6, 6.07) is 13.4. The zero-order chi connectivity index (χ0) is 18.7. The van der Waals surface area contributed by atoms with E-state index in [4.69, 9.17) is 12.2 Å². The number of rotatable bonds is 4. The number of amides is 1. The van der Waals surface area contributed by atoms with Crippen LogP contribution in [0.25, 0.3) is 6.08 Å². The third kappa shape index (κ3) is 4.24. The maximum Gasteiger partial charge on any atom is 0.286 e. The first-order chi connectivity index (χ1) is 12.4. The molecule has 1 heterocycles. The van der Waals surface area contributed by atoms with Crippen LogP contribution < -0.4 is 0 Å². The van der Waals surface area contributed by atoms with E-state index in [2.05, 4.69) is 21.0 Å². The zero-order valence-corrected chi connectivity index (χ0v) is 16.3. The van der Waals surface area contributed by atoms with Gasteiger partial charge in [0.15, 0.2) is 4.32 Å². The molecule has 0 spiro atoms. The predicted molar refractivity (Wildman–Crippen MR) is 110 cm³/mol. The molecule has 0 aliphatic carbocycles. The van der Waals surface area contributed by atoms with Crippen molar-refractivity contribution in [1.82, 2.24) is 5.01 Å². The maximum absolute atomic E-state index is 12.5. The van der Waals surface area contributed by atoms with Crippen molar-refractivity contribution in [3.8, 4) is 0 Å². The van der Waals surface area contributed by atoms with Crippen LogP contribution in [0.3, 0.4) is 0 Å². The minimum atomic E-state index is -0.472. The second-order valence-electron chi connectivity index (χ2n) is 5.14. The molecule has 130 valence electrons. The van der Waals surface area contributed by atoms with Gasteiger partial charge in [-0.25, -0.2) is 0 Å². The molecule has 9 heteroatoms. The number of non-ortho nitro benzene ring substituents is 1. The number of benzene rings is 2. The molecule has 1 fully saturated rings. The van der Waals surface area contributed by atoms with Gasteiger partial charge in [-0.3, -0.25) is 14.9 Å². The molecule has 0 N–H and O–H groups in total. The molecule has 0 atom stereocenters. The fraction of sp³-hybridized carbons (Fsp3) is 0. The number of hydrogen-bond donors (Lipinski definition) is 0. The highest BCUT2D eigenvalue weighted by atomic mass is 79.9. The lowest BCUT2D eigenvalue weighted by molar-refractivity contribution is -0.384. The average molecular weight is 448 g/mol. The standard InChI is InChI=1S/C17H10BrN3O3S2/c18-13-3-1-2-12(8-13)10-19-20-16(22)15(26-17(20)25)9-11-4-6-14(7-5-11)21(23)24/h1-10H/b15-9-,19-10+. The first kappa shape index (κ1) is 18.4. The van der Waals surface area contributed by atoms with E-state index < -0.39 is 4.92 Å². The van der Waals surface area contributed by atoms with Crippen molar-refractivity contribution in [2.75, 3.05) is 0 Å². The van der Waals surface area contributed by atoms with Gasteiger partial charge in [-0.2, -0.15) is 10.1 Å². The van der Waals surface area contributed by atoms with Gasteiger partial charge in [0, 0.05) is 16.6 Å². The smallest absolute Gasteiger partial charge is 0.266 e. The highest BCUT2D eigenvalue weighted by Gasteiger charge is 2.32. The minimum Gasteiger partial charge on any atom is -0.266 e. The van der Waals surface area contributed by atoms with E-state index in [1.165, 1.54) is 12.1 Å². The third-order valence-corrected chi connectivity index (χ3v) is 5.12. The Labute approximate surface area is 166 Å². The number of hydrogen-bond acceptors (Lipinski definition) is 6. The number of carbonyl (C=O) groups excluding carboxylic acids is 1. The van der Waals surface area contributed by atoms with Crippen molar-refractivity contribution >= 4 is 68.1 Å². The topological polar surface area (TPSA) is 75.8 Å². The highest BCUT2D eigenvalue weighted by molar-refractivity contribution is 9.10. The Balaban J connectivity index is 1.78. The summed E-state index contributed by atoms with van der Waals surface area (Å²) in [6.45, 7) is 0. The average Bonchev–Trinajstić information content (AvgIpc) is 2.87. The normalized spacial score (nSPS) is 16.0. The van der Waals surface area contributed by atoms with Crippen LogP contribution in [0.15, 0.2) is 63.0 Å². The van der Waals surface area contributed by atoms with Crippen LogP contribution in [-0.2, 0) is 4.79 Å². The largest absolute Gasteiger partial charge is 0.286 e. The molecule has 1 aliphatic heterocycles. The molecule has 3 rings (SSSR count). The number of thiocarbonyl (C=S) groups is 1. The second-order valence-corrected chi connectivity index (χ2v) is 7.73. The first-order valence-corrected chi connectivity index (χ1v) is 9.28. The van der Waals surface area contributed by atoms with Crippen LogP contribution >= 0.6 is 39.9 Å². The summed E-state index contributed by atoms with van der Waals surface area (Å²) >= 11 is 9.74. The van der Waals surface area contributed by atoms with E-state index >= 15 is 0 Å². The van der Waals surface area contributed by atoms with E-state index in [1.807, 2.05) is 24.3 Å². The lowest BCUT2D eigenvalue weighted by Gasteiger charge is -2.06. The lowest BCUT2D eigenvalue weighted by atomic mass is 10.2. The van der Waals surface area contributed by atoms with Gasteiger partial charge in [-0.1, -0.05) is 39.8 Å². The molecule has 2 aromatic carbocycles. The van der Waals surface area contributed by atoms with Crippen molar-refractivity contribution in [1.29, 1.82) is 0 Å². The summed E-state index contributed by atoms with van der Waals surface area (Å²) in [4.78, 5) is 23.1. The third-order valence-electron chi connectivity index (χ3n) is 3.35. The molecule has 0 unspecified atom stereocenters. The van der Waals surface area contributed by atoms with Gasteiger partial charge in [0.2, 0.25) is 0 Å². The fourth-order valence-electron chi connectivity index (χ4n) is 2.11. The van der Waals surface area contributed by atoms with Crippen LogP contribution in [0, 0.1) is 10.1 Å². The number of nitro benzene ring substituents is 1. The molecule has 0 bridgehead atoms. The number of nitrogens with zero attached hydrogens (tertiary/aromatic N) is 3. The summed E-state index contributed by atoms with van der Waals surface area (Å²) in [5, 5.41) is 16.0. The van der Waals surface area contributed by atoms with Crippen molar-refractivity contribution in [3.63, 3.8) is 0 Å². The Morgan fingerprint density at radius 2 is 1.92 bits per heavy atom.